The second-order valence-electron chi connectivity index (χ2n) is 4.39. The Balaban J connectivity index is 2.34. The molecule has 3 N–H and O–H groups in total. The van der Waals surface area contributed by atoms with Crippen LogP contribution in [-0.4, -0.2) is 42.9 Å². The van der Waals surface area contributed by atoms with Crippen LogP contribution in [0.3, 0.4) is 0 Å². The van der Waals surface area contributed by atoms with Gasteiger partial charge in [-0.25, -0.2) is 0 Å². The van der Waals surface area contributed by atoms with Crippen LogP contribution in [0.5, 0.6) is 11.5 Å². The lowest BCUT2D eigenvalue weighted by Gasteiger charge is -2.28. The maximum Gasteiger partial charge on any atom is 0.322 e. The minimum atomic E-state index is -1.04. The molecule has 0 saturated heterocycles. The van der Waals surface area contributed by atoms with Gasteiger partial charge in [-0.2, -0.15) is 0 Å². The second kappa shape index (κ2) is 4.83. The molecule has 2 rings (SSSR count). The van der Waals surface area contributed by atoms with Crippen LogP contribution in [0.4, 0.5) is 0 Å². The van der Waals surface area contributed by atoms with Crippen molar-refractivity contribution < 1.29 is 19.4 Å². The number of ether oxygens (including phenoxy) is 2. The Labute approximate surface area is 105 Å². The van der Waals surface area contributed by atoms with E-state index in [9.17, 15) is 4.79 Å². The standard InChI is InChI=1S/C12H16N2O4/c1-14(2)11(10(13)12(15)16)7-3-4-8-9(5-7)18-6-17-8/h3-5,10-11H,6,13H2,1-2H3,(H,15,16). The summed E-state index contributed by atoms with van der Waals surface area (Å²) in [6.45, 7) is 0.191. The number of carboxylic acids is 1. The van der Waals surface area contributed by atoms with Gasteiger partial charge < -0.3 is 25.2 Å². The molecular weight excluding hydrogens is 236 g/mol. The summed E-state index contributed by atoms with van der Waals surface area (Å²) in [5, 5.41) is 9.05. The molecule has 98 valence electrons. The highest BCUT2D eigenvalue weighted by Crippen LogP contribution is 2.35. The quantitative estimate of drug-likeness (QED) is 0.808. The lowest BCUT2D eigenvalue weighted by atomic mass is 9.98. The third-order valence-corrected chi connectivity index (χ3v) is 2.92. The van der Waals surface area contributed by atoms with Crippen molar-refractivity contribution in [2.45, 2.75) is 12.1 Å². The Morgan fingerprint density at radius 2 is 2.06 bits per heavy atom. The third kappa shape index (κ3) is 2.25. The van der Waals surface area contributed by atoms with Crippen LogP contribution >= 0.6 is 0 Å². The first kappa shape index (κ1) is 12.7. The van der Waals surface area contributed by atoms with Crippen LogP contribution in [0.15, 0.2) is 18.2 Å². The largest absolute Gasteiger partial charge is 0.480 e. The van der Waals surface area contributed by atoms with Gasteiger partial charge in [0, 0.05) is 0 Å². The van der Waals surface area contributed by atoms with Gasteiger partial charge in [0.15, 0.2) is 11.5 Å². The number of carbonyl (C=O) groups is 1. The van der Waals surface area contributed by atoms with E-state index in [0.29, 0.717) is 11.5 Å². The minimum absolute atomic E-state index is 0.191. The summed E-state index contributed by atoms with van der Waals surface area (Å²) in [5.41, 5.74) is 6.52. The summed E-state index contributed by atoms with van der Waals surface area (Å²) in [5.74, 6) is 0.253. The summed E-state index contributed by atoms with van der Waals surface area (Å²) in [6, 6.07) is 3.93. The molecule has 0 bridgehead atoms. The van der Waals surface area contributed by atoms with Crippen LogP contribution in [0.25, 0.3) is 0 Å². The van der Waals surface area contributed by atoms with E-state index >= 15 is 0 Å². The molecule has 2 unspecified atom stereocenters. The summed E-state index contributed by atoms with van der Waals surface area (Å²) in [4.78, 5) is 12.8. The highest BCUT2D eigenvalue weighted by Gasteiger charge is 2.29. The van der Waals surface area contributed by atoms with Gasteiger partial charge in [0.2, 0.25) is 6.79 Å². The van der Waals surface area contributed by atoms with Gasteiger partial charge in [-0.05, 0) is 31.8 Å². The first-order valence-electron chi connectivity index (χ1n) is 5.55. The fraction of sp³-hybridized carbons (Fsp3) is 0.417. The Kier molecular flexibility index (Phi) is 3.40. The van der Waals surface area contributed by atoms with E-state index in [1.807, 2.05) is 0 Å². The number of carboxylic acid groups (broad SMARTS) is 1. The van der Waals surface area contributed by atoms with Crippen molar-refractivity contribution in [2.75, 3.05) is 20.9 Å². The van der Waals surface area contributed by atoms with Crippen molar-refractivity contribution >= 4 is 5.97 Å². The molecule has 0 fully saturated rings. The van der Waals surface area contributed by atoms with Crippen molar-refractivity contribution in [2.24, 2.45) is 5.73 Å². The summed E-state index contributed by atoms with van der Waals surface area (Å²) in [6.07, 6.45) is 0. The number of hydrogen-bond donors (Lipinski definition) is 2. The molecule has 1 aromatic carbocycles. The Bertz CT molecular complexity index is 461. The Morgan fingerprint density at radius 3 is 2.67 bits per heavy atom. The number of aliphatic carboxylic acids is 1. The zero-order valence-electron chi connectivity index (χ0n) is 10.3. The Morgan fingerprint density at radius 1 is 1.39 bits per heavy atom. The fourth-order valence-corrected chi connectivity index (χ4v) is 2.06. The molecule has 1 aromatic rings. The number of benzene rings is 1. The highest BCUT2D eigenvalue weighted by atomic mass is 16.7. The van der Waals surface area contributed by atoms with Gasteiger partial charge in [-0.15, -0.1) is 0 Å². The Hall–Kier alpha value is -1.79. The molecule has 0 radical (unpaired) electrons. The summed E-state index contributed by atoms with van der Waals surface area (Å²) < 4.78 is 10.5. The van der Waals surface area contributed by atoms with E-state index in [4.69, 9.17) is 20.3 Å². The smallest absolute Gasteiger partial charge is 0.322 e. The molecule has 0 saturated carbocycles. The van der Waals surface area contributed by atoms with Gasteiger partial charge in [-0.1, -0.05) is 6.07 Å². The number of likely N-dealkylation sites (N-methyl/N-ethyl adjacent to an activating group) is 1. The van der Waals surface area contributed by atoms with Gasteiger partial charge in [-0.3, -0.25) is 4.79 Å². The zero-order chi connectivity index (χ0) is 13.3. The molecule has 6 heteroatoms. The molecule has 1 aliphatic rings. The average molecular weight is 252 g/mol. The first-order chi connectivity index (χ1) is 8.50. The van der Waals surface area contributed by atoms with Gasteiger partial charge in [0.05, 0.1) is 6.04 Å². The van der Waals surface area contributed by atoms with E-state index < -0.39 is 18.1 Å². The third-order valence-electron chi connectivity index (χ3n) is 2.92. The van der Waals surface area contributed by atoms with Gasteiger partial charge in [0.25, 0.3) is 0 Å². The van der Waals surface area contributed by atoms with E-state index in [0.717, 1.165) is 5.56 Å². The van der Waals surface area contributed by atoms with E-state index in [1.165, 1.54) is 0 Å². The summed E-state index contributed by atoms with van der Waals surface area (Å²) in [7, 11) is 3.58. The topological polar surface area (TPSA) is 85.0 Å². The average Bonchev–Trinajstić information content (AvgIpc) is 2.75. The monoisotopic (exact) mass is 252 g/mol. The molecule has 1 aliphatic heterocycles. The van der Waals surface area contributed by atoms with Crippen LogP contribution in [0.2, 0.25) is 0 Å². The molecule has 0 aromatic heterocycles. The lowest BCUT2D eigenvalue weighted by Crippen LogP contribution is -2.43. The molecule has 0 amide bonds. The summed E-state index contributed by atoms with van der Waals surface area (Å²) >= 11 is 0. The van der Waals surface area contributed by atoms with Crippen molar-refractivity contribution in [3.63, 3.8) is 0 Å². The molecule has 0 spiro atoms. The lowest BCUT2D eigenvalue weighted by molar-refractivity contribution is -0.140. The minimum Gasteiger partial charge on any atom is -0.480 e. The van der Waals surface area contributed by atoms with Gasteiger partial charge >= 0.3 is 5.97 Å². The number of rotatable bonds is 4. The van der Waals surface area contributed by atoms with Crippen LogP contribution < -0.4 is 15.2 Å². The first-order valence-corrected chi connectivity index (χ1v) is 5.55. The van der Waals surface area contributed by atoms with Crippen molar-refractivity contribution in [1.82, 2.24) is 4.90 Å². The fourth-order valence-electron chi connectivity index (χ4n) is 2.06. The molecule has 1 heterocycles. The second-order valence-corrected chi connectivity index (χ2v) is 4.39. The van der Waals surface area contributed by atoms with Crippen LogP contribution in [0.1, 0.15) is 11.6 Å². The SMILES string of the molecule is CN(C)C(c1ccc2c(c1)OCO2)C(N)C(=O)O. The van der Waals surface area contributed by atoms with E-state index in [1.54, 1.807) is 37.2 Å². The molecular formula is C12H16N2O4. The van der Waals surface area contributed by atoms with Crippen LogP contribution in [-0.2, 0) is 4.79 Å². The van der Waals surface area contributed by atoms with Crippen molar-refractivity contribution in [3.05, 3.63) is 23.8 Å². The molecule has 0 aliphatic carbocycles. The number of fused-ring (bicyclic) bond motifs is 1. The maximum atomic E-state index is 11.0. The predicted molar refractivity (Wildman–Crippen MR) is 64.6 cm³/mol. The molecule has 18 heavy (non-hydrogen) atoms. The predicted octanol–water partition coefficient (Wildman–Crippen LogP) is 0.430. The maximum absolute atomic E-state index is 11.0. The van der Waals surface area contributed by atoms with Crippen molar-refractivity contribution in [1.29, 1.82) is 0 Å². The van der Waals surface area contributed by atoms with Gasteiger partial charge in [0.1, 0.15) is 6.04 Å². The van der Waals surface area contributed by atoms with Crippen LogP contribution in [0, 0.1) is 0 Å². The zero-order valence-corrected chi connectivity index (χ0v) is 10.3. The normalized spacial score (nSPS) is 16.7. The number of nitrogens with zero attached hydrogens (tertiary/aromatic N) is 1. The van der Waals surface area contributed by atoms with E-state index in [-0.39, 0.29) is 6.79 Å². The molecule has 6 nitrogen and oxygen atoms in total. The molecule has 2 atom stereocenters. The number of hydrogen-bond acceptors (Lipinski definition) is 5. The van der Waals surface area contributed by atoms with E-state index in [2.05, 4.69) is 0 Å². The highest BCUT2D eigenvalue weighted by molar-refractivity contribution is 5.74. The van der Waals surface area contributed by atoms with Crippen molar-refractivity contribution in [3.8, 4) is 11.5 Å². The number of nitrogens with two attached hydrogens (primary N) is 1.